The summed E-state index contributed by atoms with van der Waals surface area (Å²) in [6.45, 7) is 37.0. The largest absolute Gasteiger partial charge is 0.508 e. The minimum atomic E-state index is -1.10. The SMILES string of the molecule is CC.CC.CC.CC(C)(C)Oc1ccc(C2(c3ccc(OC(C)(C)C)cc3)OC(=O)c3ccccc32)cc1.CC(C)c1ccc(C(=O)OC2COC(=O)C2)c2ccccc12.CC(C)c1ccc2cc(C(=O)O)ccc2c1.CCC.O=C1OC(c2ccc(O)cc2)(c2ccc(O)cc2)c2ccccc21.O=C1OC(c2ccc(O)cc2)(c2ccc(O)cc2)c2ccccc21. The summed E-state index contributed by atoms with van der Waals surface area (Å²) in [4.78, 5) is 72.1. The summed E-state index contributed by atoms with van der Waals surface area (Å²) in [5.41, 5.74) is 8.06. The lowest BCUT2D eigenvalue weighted by Gasteiger charge is -2.31. The first-order chi connectivity index (χ1) is 60.7. The lowest BCUT2D eigenvalue weighted by atomic mass is 9.80. The van der Waals surface area contributed by atoms with Gasteiger partial charge in [0.15, 0.2) is 16.8 Å². The fourth-order valence-electron chi connectivity index (χ4n) is 15.0. The van der Waals surface area contributed by atoms with Gasteiger partial charge in [0.2, 0.25) is 0 Å². The zero-order valence-corrected chi connectivity index (χ0v) is 75.6. The molecule has 4 heterocycles. The van der Waals surface area contributed by atoms with Gasteiger partial charge in [0.1, 0.15) is 58.4 Å². The Morgan fingerprint density at radius 3 is 1.05 bits per heavy atom. The van der Waals surface area contributed by atoms with Crippen molar-refractivity contribution in [2.75, 3.05) is 6.61 Å². The van der Waals surface area contributed by atoms with E-state index in [-0.39, 0.29) is 59.2 Å². The first-order valence-corrected chi connectivity index (χ1v) is 43.2. The zero-order chi connectivity index (χ0) is 92.7. The van der Waals surface area contributed by atoms with E-state index in [0.29, 0.717) is 39.7 Å². The Bertz CT molecular complexity index is 5590. The van der Waals surface area contributed by atoms with E-state index in [9.17, 15) is 49.2 Å². The van der Waals surface area contributed by atoms with Crippen molar-refractivity contribution in [3.05, 3.63) is 380 Å². The monoisotopic (exact) mass is 1710 g/mol. The number of ether oxygens (including phenoxy) is 7. The Balaban J connectivity index is 0.000000177. The fourth-order valence-corrected chi connectivity index (χ4v) is 15.0. The second-order valence-electron chi connectivity index (χ2n) is 32.3. The number of fused-ring (bicyclic) bond motifs is 5. The molecule has 127 heavy (non-hydrogen) atoms. The van der Waals surface area contributed by atoms with Crippen LogP contribution in [-0.2, 0) is 45.3 Å². The minimum absolute atomic E-state index is 0.133. The van der Waals surface area contributed by atoms with Crippen LogP contribution in [0.4, 0.5) is 0 Å². The smallest absolute Gasteiger partial charge is 0.340 e. The highest BCUT2D eigenvalue weighted by molar-refractivity contribution is 6.06. The molecular formula is C109H116O18. The number of benzene rings is 13. The lowest BCUT2D eigenvalue weighted by Crippen LogP contribution is -2.30. The fraction of sp³-hybridized carbons (Fsp3) is 0.266. The van der Waals surface area contributed by atoms with Crippen LogP contribution in [0.1, 0.15) is 262 Å². The summed E-state index contributed by atoms with van der Waals surface area (Å²) in [5.74, 6) is 0.209. The van der Waals surface area contributed by atoms with Crippen molar-refractivity contribution < 1.29 is 87.5 Å². The van der Waals surface area contributed by atoms with E-state index in [2.05, 4.69) is 53.7 Å². The second kappa shape index (κ2) is 43.1. The average molecular weight is 1710 g/mol. The highest BCUT2D eigenvalue weighted by atomic mass is 16.6. The van der Waals surface area contributed by atoms with E-state index >= 15 is 0 Å². The molecule has 0 spiro atoms. The Morgan fingerprint density at radius 1 is 0.402 bits per heavy atom. The van der Waals surface area contributed by atoms with Crippen LogP contribution in [-0.4, -0.2) is 85.3 Å². The molecular weight excluding hydrogens is 1600 g/mol. The number of carbonyl (C=O) groups is 6. The molecule has 17 rings (SSSR count). The number of phenolic OH excluding ortho intramolecular Hbond substituents is 4. The van der Waals surface area contributed by atoms with Gasteiger partial charge in [-0.15, -0.1) is 0 Å². The number of esters is 5. The molecule has 1 unspecified atom stereocenters. The van der Waals surface area contributed by atoms with E-state index in [1.165, 1.54) is 17.5 Å². The number of rotatable bonds is 13. The number of carboxylic acids is 1. The van der Waals surface area contributed by atoms with E-state index in [4.69, 9.17) is 38.3 Å². The van der Waals surface area contributed by atoms with Gasteiger partial charge in [0, 0.05) is 50.1 Å². The highest BCUT2D eigenvalue weighted by Gasteiger charge is 2.51. The summed E-state index contributed by atoms with van der Waals surface area (Å²) in [5, 5.41) is 51.3. The van der Waals surface area contributed by atoms with Crippen molar-refractivity contribution in [3.63, 3.8) is 0 Å². The number of cyclic esters (lactones) is 4. The third-order valence-electron chi connectivity index (χ3n) is 20.5. The van der Waals surface area contributed by atoms with Gasteiger partial charge >= 0.3 is 35.8 Å². The Kier molecular flexibility index (Phi) is 32.8. The van der Waals surface area contributed by atoms with E-state index in [1.54, 1.807) is 140 Å². The third kappa shape index (κ3) is 22.6. The van der Waals surface area contributed by atoms with Gasteiger partial charge in [-0.25, -0.2) is 24.0 Å². The number of carbonyl (C=O) groups excluding carboxylic acids is 5. The van der Waals surface area contributed by atoms with Crippen molar-refractivity contribution in [2.24, 2.45) is 0 Å². The second-order valence-corrected chi connectivity index (χ2v) is 32.3. The molecule has 1 saturated heterocycles. The van der Waals surface area contributed by atoms with Gasteiger partial charge in [-0.2, -0.15) is 0 Å². The predicted octanol–water partition coefficient (Wildman–Crippen LogP) is 25.2. The van der Waals surface area contributed by atoms with Crippen LogP contribution in [0.15, 0.2) is 291 Å². The third-order valence-corrected chi connectivity index (χ3v) is 20.5. The summed E-state index contributed by atoms with van der Waals surface area (Å²) in [6, 6.07) is 87.0. The predicted molar refractivity (Wildman–Crippen MR) is 499 cm³/mol. The summed E-state index contributed by atoms with van der Waals surface area (Å²) < 4.78 is 40.1. The maximum Gasteiger partial charge on any atom is 0.340 e. The molecule has 1 fully saturated rings. The molecule has 660 valence electrons. The van der Waals surface area contributed by atoms with Gasteiger partial charge in [-0.1, -0.05) is 271 Å². The van der Waals surface area contributed by atoms with Gasteiger partial charge in [0.05, 0.1) is 34.2 Å². The first kappa shape index (κ1) is 96.8. The highest BCUT2D eigenvalue weighted by Crippen LogP contribution is 2.51. The molecule has 18 heteroatoms. The number of hydrogen-bond acceptors (Lipinski definition) is 17. The minimum Gasteiger partial charge on any atom is -0.508 e. The molecule has 4 aliphatic rings. The van der Waals surface area contributed by atoms with Crippen molar-refractivity contribution in [2.45, 2.75) is 183 Å². The Labute approximate surface area is 745 Å². The van der Waals surface area contributed by atoms with E-state index in [1.807, 2.05) is 223 Å². The standard InChI is InChI=1S/C28H30O4.2C20H14O4.C18H18O4.C14H14O2.C3H8.3C2H6/c1-26(2,3)30-21-15-11-19(12-16-21)28(24-10-8-7-9-23(24)25(29)32-28)20-13-17-22(18-14-20)31-27(4,5)6;2*21-15-9-5-13(6-10-15)20(14-7-11-16(22)12-8-14)18-4-2-1-3-17(18)19(23)24-20;1-11(2)13-7-8-16(15-6-4-3-5-14(13)15)18(20)22-12-9-17(19)21-10-12;1-9(2)10-3-4-12-8-13(14(15)16)6-5-11(12)7-10;1-3-2;3*1-2/h7-18H,1-6H3;2*1-12,21-22H;3-8,11-12H,9-10H2,1-2H3;3-9H,1-2H3,(H,15,16);3H2,1-2H3;3*1-2H3. The van der Waals surface area contributed by atoms with Crippen molar-refractivity contribution in [1.82, 2.24) is 0 Å². The molecule has 0 aliphatic carbocycles. The maximum atomic E-state index is 12.9. The maximum absolute atomic E-state index is 12.9. The van der Waals surface area contributed by atoms with Crippen LogP contribution < -0.4 is 9.47 Å². The molecule has 18 nitrogen and oxygen atoms in total. The molecule has 0 aromatic heterocycles. The first-order valence-electron chi connectivity index (χ1n) is 43.2. The summed E-state index contributed by atoms with van der Waals surface area (Å²) >= 11 is 0. The Morgan fingerprint density at radius 2 is 0.724 bits per heavy atom. The number of aromatic carboxylic acids is 1. The topological polar surface area (TPSA) is 268 Å². The molecule has 1 atom stereocenters. The number of phenols is 4. The molecule has 0 bridgehead atoms. The van der Waals surface area contributed by atoms with Crippen molar-refractivity contribution >= 4 is 57.4 Å². The molecule has 5 N–H and O–H groups in total. The molecule has 13 aromatic carbocycles. The van der Waals surface area contributed by atoms with Crippen molar-refractivity contribution in [1.29, 1.82) is 0 Å². The molecule has 0 amide bonds. The van der Waals surface area contributed by atoms with Crippen LogP contribution in [0.2, 0.25) is 0 Å². The number of carboxylic acid groups (broad SMARTS) is 1. The van der Waals surface area contributed by atoms with Gasteiger partial charge < -0.3 is 58.7 Å². The molecule has 0 saturated carbocycles. The molecule has 13 aromatic rings. The van der Waals surface area contributed by atoms with Crippen LogP contribution >= 0.6 is 0 Å². The van der Waals surface area contributed by atoms with Gasteiger partial charge in [-0.05, 0) is 195 Å². The average Bonchev–Trinajstić information content (AvgIpc) is 1.59. The molecule has 0 radical (unpaired) electrons. The molecule has 4 aliphatic heterocycles. The van der Waals surface area contributed by atoms with Crippen molar-refractivity contribution in [3.8, 4) is 34.5 Å². The van der Waals surface area contributed by atoms with Crippen LogP contribution in [0.5, 0.6) is 34.5 Å². The summed E-state index contributed by atoms with van der Waals surface area (Å²) in [6.07, 6.45) is 0.900. The quantitative estimate of drug-likeness (QED) is 0.0530. The van der Waals surface area contributed by atoms with Gasteiger partial charge in [0.25, 0.3) is 0 Å². The normalized spacial score (nSPS) is 14.2. The van der Waals surface area contributed by atoms with Gasteiger partial charge in [-0.3, -0.25) is 4.79 Å². The van der Waals surface area contributed by atoms with Crippen LogP contribution in [0.25, 0.3) is 21.5 Å². The number of aromatic hydroxyl groups is 4. The van der Waals surface area contributed by atoms with Crippen LogP contribution in [0, 0.1) is 0 Å². The van der Waals surface area contributed by atoms with E-state index in [0.717, 1.165) is 83.1 Å². The lowest BCUT2D eigenvalue weighted by molar-refractivity contribution is -0.138. The van der Waals surface area contributed by atoms with E-state index < -0.39 is 46.8 Å². The zero-order valence-electron chi connectivity index (χ0n) is 75.6. The summed E-state index contributed by atoms with van der Waals surface area (Å²) in [7, 11) is 0. The number of hydrogen-bond donors (Lipinski definition) is 5. The Hall–Kier alpha value is -14.0. The van der Waals surface area contributed by atoms with Crippen LogP contribution in [0.3, 0.4) is 0 Å².